The Morgan fingerprint density at radius 1 is 0.842 bits per heavy atom. The fraction of sp³-hybridized carbons (Fsp3) is 0.429. The normalized spacial score (nSPS) is 21.1. The number of alkyl halides is 3. The molecule has 10 heteroatoms. The van der Waals surface area contributed by atoms with Crippen LogP contribution in [0.25, 0.3) is 0 Å². The van der Waals surface area contributed by atoms with Crippen LogP contribution in [0.4, 0.5) is 13.2 Å². The highest BCUT2D eigenvalue weighted by Crippen LogP contribution is 2.34. The molecule has 2 aromatic carbocycles. The van der Waals surface area contributed by atoms with E-state index in [4.69, 9.17) is 0 Å². The van der Waals surface area contributed by atoms with Crippen molar-refractivity contribution >= 4 is 23.6 Å². The van der Waals surface area contributed by atoms with Gasteiger partial charge in [-0.15, -0.1) is 0 Å². The molecule has 7 nitrogen and oxygen atoms in total. The summed E-state index contributed by atoms with van der Waals surface area (Å²) in [6.45, 7) is 1.45. The molecule has 1 N–H and O–H groups in total. The quantitative estimate of drug-likeness (QED) is 0.580. The SMILES string of the molecule is O=C1CCC(N2C(=O)c3cccc(CCc4ccc(CN5CCC(C(F)(F)F)CC5)cc4)c3C2=O)C(=O)N1. The monoisotopic (exact) mass is 527 g/mol. The zero-order valence-corrected chi connectivity index (χ0v) is 20.7. The predicted molar refractivity (Wildman–Crippen MR) is 131 cm³/mol. The van der Waals surface area contributed by atoms with Crippen molar-refractivity contribution in [3.63, 3.8) is 0 Å². The summed E-state index contributed by atoms with van der Waals surface area (Å²) >= 11 is 0. The van der Waals surface area contributed by atoms with E-state index in [1.165, 1.54) is 0 Å². The average molecular weight is 528 g/mol. The van der Waals surface area contributed by atoms with Gasteiger partial charge in [0, 0.05) is 13.0 Å². The molecule has 3 aliphatic rings. The second-order valence-corrected chi connectivity index (χ2v) is 10.2. The maximum atomic E-state index is 13.2. The van der Waals surface area contributed by atoms with Gasteiger partial charge in [-0.3, -0.25) is 34.3 Å². The fourth-order valence-corrected chi connectivity index (χ4v) is 5.56. The van der Waals surface area contributed by atoms with Gasteiger partial charge in [-0.05, 0) is 68.0 Å². The Bertz CT molecular complexity index is 1270. The van der Waals surface area contributed by atoms with Crippen LogP contribution < -0.4 is 5.32 Å². The number of carbonyl (C=O) groups is 4. The smallest absolute Gasteiger partial charge is 0.299 e. The van der Waals surface area contributed by atoms with Gasteiger partial charge in [-0.1, -0.05) is 36.4 Å². The molecule has 200 valence electrons. The molecule has 0 aromatic heterocycles. The van der Waals surface area contributed by atoms with E-state index < -0.39 is 41.8 Å². The molecule has 0 bridgehead atoms. The van der Waals surface area contributed by atoms with Crippen LogP contribution in [0.5, 0.6) is 0 Å². The lowest BCUT2D eigenvalue weighted by molar-refractivity contribution is -0.185. The molecule has 0 saturated carbocycles. The minimum absolute atomic E-state index is 0.0680. The summed E-state index contributed by atoms with van der Waals surface area (Å²) in [6.07, 6.45) is -2.55. The summed E-state index contributed by atoms with van der Waals surface area (Å²) in [5, 5.41) is 2.20. The Morgan fingerprint density at radius 2 is 1.53 bits per heavy atom. The Labute approximate surface area is 218 Å². The van der Waals surface area contributed by atoms with Crippen molar-refractivity contribution in [2.75, 3.05) is 13.1 Å². The van der Waals surface area contributed by atoms with Gasteiger partial charge in [0.25, 0.3) is 11.8 Å². The Balaban J connectivity index is 1.21. The van der Waals surface area contributed by atoms with Crippen molar-refractivity contribution in [3.05, 3.63) is 70.3 Å². The number of rotatable bonds is 6. The van der Waals surface area contributed by atoms with Crippen molar-refractivity contribution < 1.29 is 32.3 Å². The molecule has 2 fully saturated rings. The molecule has 4 amide bonds. The number of hydrogen-bond donors (Lipinski definition) is 1. The van der Waals surface area contributed by atoms with E-state index in [0.717, 1.165) is 16.0 Å². The van der Waals surface area contributed by atoms with Gasteiger partial charge in [0.15, 0.2) is 0 Å². The molecule has 2 saturated heterocycles. The lowest BCUT2D eigenvalue weighted by atomic mass is 9.95. The number of halogens is 3. The first-order valence-corrected chi connectivity index (χ1v) is 12.8. The van der Waals surface area contributed by atoms with Crippen LogP contribution >= 0.6 is 0 Å². The molecule has 1 unspecified atom stereocenters. The van der Waals surface area contributed by atoms with E-state index >= 15 is 0 Å². The van der Waals surface area contributed by atoms with Crippen LogP contribution in [0.2, 0.25) is 0 Å². The summed E-state index contributed by atoms with van der Waals surface area (Å²) in [5.41, 5.74) is 3.34. The molecule has 3 aliphatic heterocycles. The Morgan fingerprint density at radius 3 is 2.18 bits per heavy atom. The first-order valence-electron chi connectivity index (χ1n) is 12.8. The first kappa shape index (κ1) is 26.1. The third-order valence-corrected chi connectivity index (χ3v) is 7.72. The summed E-state index contributed by atoms with van der Waals surface area (Å²) in [7, 11) is 0. The molecule has 0 radical (unpaired) electrons. The highest BCUT2D eigenvalue weighted by molar-refractivity contribution is 6.24. The van der Waals surface area contributed by atoms with E-state index in [0.29, 0.717) is 43.6 Å². The minimum atomic E-state index is -4.12. The van der Waals surface area contributed by atoms with Crippen molar-refractivity contribution in [1.29, 1.82) is 0 Å². The summed E-state index contributed by atoms with van der Waals surface area (Å²) in [4.78, 5) is 53.1. The van der Waals surface area contributed by atoms with Gasteiger partial charge in [0.1, 0.15) is 6.04 Å². The highest BCUT2D eigenvalue weighted by atomic mass is 19.4. The molecule has 0 spiro atoms. The number of likely N-dealkylation sites (tertiary alicyclic amines) is 1. The minimum Gasteiger partial charge on any atom is -0.299 e. The molecular weight excluding hydrogens is 499 g/mol. The number of nitrogens with zero attached hydrogens (tertiary/aromatic N) is 2. The third kappa shape index (κ3) is 5.22. The van der Waals surface area contributed by atoms with Crippen molar-refractivity contribution in [1.82, 2.24) is 15.1 Å². The molecular formula is C28H28F3N3O4. The highest BCUT2D eigenvalue weighted by Gasteiger charge is 2.45. The second kappa shape index (κ2) is 10.3. The van der Waals surface area contributed by atoms with Gasteiger partial charge in [-0.25, -0.2) is 0 Å². The van der Waals surface area contributed by atoms with Gasteiger partial charge in [0.2, 0.25) is 11.8 Å². The summed E-state index contributed by atoms with van der Waals surface area (Å²) < 4.78 is 38.7. The number of fused-ring (bicyclic) bond motifs is 1. The maximum Gasteiger partial charge on any atom is 0.391 e. The lowest BCUT2D eigenvalue weighted by Gasteiger charge is -2.32. The first-order chi connectivity index (χ1) is 18.1. The number of aryl methyl sites for hydroxylation is 2. The van der Waals surface area contributed by atoms with Crippen LogP contribution in [0.15, 0.2) is 42.5 Å². The number of amides is 4. The standard InChI is InChI=1S/C28H28F3N3O4/c29-28(30,31)20-12-14-33(15-13-20)16-18-6-4-17(5-7-18)8-9-19-2-1-3-21-24(19)27(38)34(26(21)37)22-10-11-23(35)32-25(22)36/h1-7,20,22H,8-16H2,(H,32,35,36). The van der Waals surface area contributed by atoms with E-state index in [9.17, 15) is 32.3 Å². The summed E-state index contributed by atoms with van der Waals surface area (Å²) in [5.74, 6) is -3.30. The number of carbonyl (C=O) groups excluding carboxylic acids is 4. The number of nitrogens with one attached hydrogen (secondary N) is 1. The van der Waals surface area contributed by atoms with E-state index in [2.05, 4.69) is 5.32 Å². The zero-order chi connectivity index (χ0) is 27.0. The van der Waals surface area contributed by atoms with Crippen LogP contribution in [-0.4, -0.2) is 58.7 Å². The van der Waals surface area contributed by atoms with Crippen LogP contribution in [0.1, 0.15) is 63.1 Å². The molecule has 1 atom stereocenters. The number of hydrogen-bond acceptors (Lipinski definition) is 5. The third-order valence-electron chi connectivity index (χ3n) is 7.72. The number of benzene rings is 2. The van der Waals surface area contributed by atoms with Gasteiger partial charge in [-0.2, -0.15) is 13.2 Å². The molecule has 0 aliphatic carbocycles. The number of imide groups is 2. The van der Waals surface area contributed by atoms with Crippen LogP contribution in [0, 0.1) is 5.92 Å². The van der Waals surface area contributed by atoms with Crippen LogP contribution in [0.3, 0.4) is 0 Å². The second-order valence-electron chi connectivity index (χ2n) is 10.2. The largest absolute Gasteiger partial charge is 0.391 e. The fourth-order valence-electron chi connectivity index (χ4n) is 5.56. The van der Waals surface area contributed by atoms with Gasteiger partial charge in [0.05, 0.1) is 17.0 Å². The van der Waals surface area contributed by atoms with Gasteiger partial charge < -0.3 is 0 Å². The van der Waals surface area contributed by atoms with E-state index in [1.807, 2.05) is 29.2 Å². The predicted octanol–water partition coefficient (Wildman–Crippen LogP) is 3.65. The Kier molecular flexibility index (Phi) is 7.09. The lowest BCUT2D eigenvalue weighted by Crippen LogP contribution is -2.54. The number of piperidine rings is 2. The van der Waals surface area contributed by atoms with Crippen molar-refractivity contribution in [2.45, 2.75) is 57.3 Å². The van der Waals surface area contributed by atoms with E-state index in [-0.39, 0.29) is 31.2 Å². The molecule has 5 rings (SSSR count). The maximum absolute atomic E-state index is 13.2. The molecule has 3 heterocycles. The van der Waals surface area contributed by atoms with Crippen molar-refractivity contribution in [3.8, 4) is 0 Å². The molecule has 2 aromatic rings. The zero-order valence-electron chi connectivity index (χ0n) is 20.7. The van der Waals surface area contributed by atoms with Gasteiger partial charge >= 0.3 is 6.18 Å². The molecule has 38 heavy (non-hydrogen) atoms. The Hall–Kier alpha value is -3.53. The average Bonchev–Trinajstić information content (AvgIpc) is 3.14. The summed E-state index contributed by atoms with van der Waals surface area (Å²) in [6, 6.07) is 12.0. The van der Waals surface area contributed by atoms with Crippen LogP contribution in [-0.2, 0) is 29.0 Å². The topological polar surface area (TPSA) is 86.8 Å². The van der Waals surface area contributed by atoms with E-state index in [1.54, 1.807) is 18.2 Å². The van der Waals surface area contributed by atoms with Crippen molar-refractivity contribution in [2.24, 2.45) is 5.92 Å².